The fraction of sp³-hybridized carbons (Fsp3) is 0.462. The molecule has 1 N–H and O–H groups in total. The molecule has 0 radical (unpaired) electrons. The van der Waals surface area contributed by atoms with Crippen LogP contribution in [0.5, 0.6) is 5.88 Å². The van der Waals surface area contributed by atoms with Gasteiger partial charge in [-0.3, -0.25) is 9.69 Å². The first-order chi connectivity index (χ1) is 17.1. The average Bonchev–Trinajstić information content (AvgIpc) is 3.51. The fourth-order valence-electron chi connectivity index (χ4n) is 4.90. The molecule has 182 valence electrons. The molecule has 35 heavy (non-hydrogen) atoms. The predicted octanol–water partition coefficient (Wildman–Crippen LogP) is 2.70. The normalized spacial score (nSPS) is 19.5. The summed E-state index contributed by atoms with van der Waals surface area (Å²) < 4.78 is 7.90. The Kier molecular flexibility index (Phi) is 6.55. The van der Waals surface area contributed by atoms with Crippen LogP contribution in [0.4, 0.5) is 5.69 Å². The smallest absolute Gasteiger partial charge is 0.242 e. The number of nitrogens with one attached hydrogen (secondary N) is 1. The maximum Gasteiger partial charge on any atom is 0.242 e. The number of nitrogens with zero attached hydrogens (tertiary/aromatic N) is 6. The SMILES string of the molecule is CCCN1CCN(c2ccc(-c3cn4ncc(C#N)c4c(O[C@H](C)[C@H]4CNC(=O)C4)n3)cc2)CC1. The Hall–Kier alpha value is -3.64. The van der Waals surface area contributed by atoms with Gasteiger partial charge in [-0.15, -0.1) is 0 Å². The van der Waals surface area contributed by atoms with Crippen LogP contribution in [0.15, 0.2) is 36.7 Å². The molecule has 3 aromatic rings. The summed E-state index contributed by atoms with van der Waals surface area (Å²) in [5, 5.41) is 16.8. The number of hydrogen-bond acceptors (Lipinski definition) is 7. The van der Waals surface area contributed by atoms with E-state index in [1.54, 1.807) is 4.52 Å². The van der Waals surface area contributed by atoms with Crippen molar-refractivity contribution in [3.8, 4) is 23.2 Å². The lowest BCUT2D eigenvalue weighted by molar-refractivity contribution is -0.119. The highest BCUT2D eigenvalue weighted by Gasteiger charge is 2.29. The highest BCUT2D eigenvalue weighted by atomic mass is 16.5. The molecule has 0 unspecified atom stereocenters. The zero-order chi connectivity index (χ0) is 24.4. The number of nitriles is 1. The molecular formula is C26H31N7O2. The lowest BCUT2D eigenvalue weighted by Gasteiger charge is -2.36. The third-order valence-electron chi connectivity index (χ3n) is 7.00. The van der Waals surface area contributed by atoms with E-state index in [-0.39, 0.29) is 17.9 Å². The Morgan fingerprint density at radius 1 is 1.23 bits per heavy atom. The second-order valence-electron chi connectivity index (χ2n) is 9.36. The molecule has 5 rings (SSSR count). The van der Waals surface area contributed by atoms with Gasteiger partial charge in [-0.2, -0.15) is 10.4 Å². The minimum atomic E-state index is -0.240. The Balaban J connectivity index is 1.39. The van der Waals surface area contributed by atoms with Crippen LogP contribution in [-0.2, 0) is 4.79 Å². The molecule has 0 aliphatic carbocycles. The monoisotopic (exact) mass is 473 g/mol. The van der Waals surface area contributed by atoms with Crippen LogP contribution < -0.4 is 15.0 Å². The number of carbonyl (C=O) groups is 1. The number of fused-ring (bicyclic) bond motifs is 1. The van der Waals surface area contributed by atoms with Crippen molar-refractivity contribution in [1.29, 1.82) is 5.26 Å². The maximum atomic E-state index is 11.7. The molecule has 2 atom stereocenters. The van der Waals surface area contributed by atoms with E-state index in [2.05, 4.69) is 57.5 Å². The highest BCUT2D eigenvalue weighted by molar-refractivity contribution is 5.78. The number of amides is 1. The molecule has 2 aromatic heterocycles. The van der Waals surface area contributed by atoms with Crippen molar-refractivity contribution in [3.05, 3.63) is 42.2 Å². The molecule has 4 heterocycles. The van der Waals surface area contributed by atoms with E-state index in [1.165, 1.54) is 24.8 Å². The first-order valence-electron chi connectivity index (χ1n) is 12.3. The van der Waals surface area contributed by atoms with Crippen LogP contribution in [0, 0.1) is 17.2 Å². The van der Waals surface area contributed by atoms with Crippen molar-refractivity contribution >= 4 is 17.1 Å². The maximum absolute atomic E-state index is 11.7. The van der Waals surface area contributed by atoms with Crippen LogP contribution in [0.2, 0.25) is 0 Å². The van der Waals surface area contributed by atoms with Gasteiger partial charge in [-0.1, -0.05) is 19.1 Å². The van der Waals surface area contributed by atoms with Crippen LogP contribution in [-0.4, -0.2) is 70.8 Å². The minimum Gasteiger partial charge on any atom is -0.473 e. The third-order valence-corrected chi connectivity index (χ3v) is 7.00. The Labute approximate surface area is 205 Å². The zero-order valence-electron chi connectivity index (χ0n) is 20.3. The predicted molar refractivity (Wildman–Crippen MR) is 133 cm³/mol. The number of hydrogen-bond donors (Lipinski definition) is 1. The molecule has 2 saturated heterocycles. The Bertz CT molecular complexity index is 1240. The average molecular weight is 474 g/mol. The van der Waals surface area contributed by atoms with Gasteiger partial charge in [0.1, 0.15) is 23.3 Å². The van der Waals surface area contributed by atoms with E-state index in [1.807, 2.05) is 13.1 Å². The molecule has 0 saturated carbocycles. The number of carbonyl (C=O) groups excluding carboxylic acids is 1. The topological polar surface area (TPSA) is 98.8 Å². The van der Waals surface area contributed by atoms with Gasteiger partial charge in [0.25, 0.3) is 0 Å². The van der Waals surface area contributed by atoms with Gasteiger partial charge in [0.2, 0.25) is 11.8 Å². The zero-order valence-corrected chi connectivity index (χ0v) is 20.3. The van der Waals surface area contributed by atoms with Gasteiger partial charge < -0.3 is 15.0 Å². The van der Waals surface area contributed by atoms with E-state index < -0.39 is 0 Å². The molecule has 2 fully saturated rings. The quantitative estimate of drug-likeness (QED) is 0.563. The van der Waals surface area contributed by atoms with E-state index in [0.717, 1.165) is 31.7 Å². The summed E-state index contributed by atoms with van der Waals surface area (Å²) in [4.78, 5) is 21.4. The molecule has 0 spiro atoms. The van der Waals surface area contributed by atoms with E-state index >= 15 is 0 Å². The number of piperazine rings is 1. The largest absolute Gasteiger partial charge is 0.473 e. The summed E-state index contributed by atoms with van der Waals surface area (Å²) in [6.45, 7) is 10.2. The van der Waals surface area contributed by atoms with Gasteiger partial charge in [-0.25, -0.2) is 9.50 Å². The van der Waals surface area contributed by atoms with Crippen LogP contribution in [0.1, 0.15) is 32.3 Å². The molecule has 2 aliphatic rings. The van der Waals surface area contributed by atoms with Crippen molar-refractivity contribution in [2.24, 2.45) is 5.92 Å². The standard InChI is InChI=1S/C26H31N7O2/c1-3-8-31-9-11-32(12-10-31)22-6-4-19(5-7-22)23-17-33-25(21(14-27)16-29-33)26(30-23)35-18(2)20-13-24(34)28-15-20/h4-7,16-18,20H,3,8-13,15H2,1-2H3,(H,28,34)/t18-,20-/m1/s1. The number of ether oxygens (including phenoxy) is 1. The van der Waals surface area contributed by atoms with Crippen molar-refractivity contribution < 1.29 is 9.53 Å². The summed E-state index contributed by atoms with van der Waals surface area (Å²) in [6.07, 6.45) is 4.73. The summed E-state index contributed by atoms with van der Waals surface area (Å²) in [5.41, 5.74) is 3.82. The van der Waals surface area contributed by atoms with Crippen LogP contribution in [0.25, 0.3) is 16.8 Å². The Morgan fingerprint density at radius 3 is 2.66 bits per heavy atom. The minimum absolute atomic E-state index is 0.0336. The molecule has 2 aliphatic heterocycles. The molecule has 1 amide bonds. The summed E-state index contributed by atoms with van der Waals surface area (Å²) in [6, 6.07) is 10.6. The second-order valence-corrected chi connectivity index (χ2v) is 9.36. The first kappa shape index (κ1) is 23.1. The van der Waals surface area contributed by atoms with Gasteiger partial charge in [0.05, 0.1) is 18.1 Å². The van der Waals surface area contributed by atoms with Crippen LogP contribution in [0.3, 0.4) is 0 Å². The molecule has 9 heteroatoms. The number of aromatic nitrogens is 3. The molecular weight excluding hydrogens is 442 g/mol. The Morgan fingerprint density at radius 2 is 2.00 bits per heavy atom. The van der Waals surface area contributed by atoms with Crippen LogP contribution >= 0.6 is 0 Å². The third kappa shape index (κ3) is 4.80. The number of rotatable bonds is 7. The first-order valence-corrected chi connectivity index (χ1v) is 12.3. The number of benzene rings is 1. The van der Waals surface area contributed by atoms with E-state index in [9.17, 15) is 10.1 Å². The molecule has 9 nitrogen and oxygen atoms in total. The highest BCUT2D eigenvalue weighted by Crippen LogP contribution is 2.30. The van der Waals surface area contributed by atoms with Gasteiger partial charge in [-0.05, 0) is 32.0 Å². The van der Waals surface area contributed by atoms with Gasteiger partial charge in [0.15, 0.2) is 0 Å². The van der Waals surface area contributed by atoms with Crippen molar-refractivity contribution in [3.63, 3.8) is 0 Å². The molecule has 1 aromatic carbocycles. The van der Waals surface area contributed by atoms with Crippen molar-refractivity contribution in [1.82, 2.24) is 24.8 Å². The van der Waals surface area contributed by atoms with Gasteiger partial charge >= 0.3 is 0 Å². The van der Waals surface area contributed by atoms with Crippen molar-refractivity contribution in [2.75, 3.05) is 44.2 Å². The second kappa shape index (κ2) is 9.92. The molecule has 0 bridgehead atoms. The number of anilines is 1. The lowest BCUT2D eigenvalue weighted by Crippen LogP contribution is -2.46. The summed E-state index contributed by atoms with van der Waals surface area (Å²) in [7, 11) is 0. The summed E-state index contributed by atoms with van der Waals surface area (Å²) >= 11 is 0. The fourth-order valence-corrected chi connectivity index (χ4v) is 4.90. The van der Waals surface area contributed by atoms with Crippen molar-refractivity contribution in [2.45, 2.75) is 32.8 Å². The van der Waals surface area contributed by atoms with E-state index in [4.69, 9.17) is 9.72 Å². The van der Waals surface area contributed by atoms with E-state index in [0.29, 0.717) is 35.6 Å². The van der Waals surface area contributed by atoms with Gasteiger partial charge in [0, 0.05) is 56.3 Å². The summed E-state index contributed by atoms with van der Waals surface area (Å²) in [5.74, 6) is 0.448. The lowest BCUT2D eigenvalue weighted by atomic mass is 10.0.